The molecule has 0 bridgehead atoms. The van der Waals surface area contributed by atoms with E-state index in [2.05, 4.69) is 31.2 Å². The Kier molecular flexibility index (Phi) is 4.14. The molecule has 0 radical (unpaired) electrons. The number of aromatic nitrogens is 2. The molecule has 6 nitrogen and oxygen atoms in total. The van der Waals surface area contributed by atoms with Crippen LogP contribution in [0.5, 0.6) is 0 Å². The number of hydrogen-bond acceptors (Lipinski definition) is 3. The summed E-state index contributed by atoms with van der Waals surface area (Å²) in [5.41, 5.74) is 2.48. The number of hydrogen-bond donors (Lipinski definition) is 2. The Morgan fingerprint density at radius 3 is 3.12 bits per heavy atom. The molecule has 0 aliphatic carbocycles. The highest BCUT2D eigenvalue weighted by Crippen LogP contribution is 2.38. The van der Waals surface area contributed by atoms with Gasteiger partial charge in [-0.05, 0) is 25.0 Å². The van der Waals surface area contributed by atoms with Crippen LogP contribution in [-0.2, 0) is 11.2 Å². The van der Waals surface area contributed by atoms with Crippen LogP contribution in [0.2, 0.25) is 0 Å². The second kappa shape index (κ2) is 6.43. The number of para-hydroxylation sites is 2. The molecular formula is C18H25N5O. The third kappa shape index (κ3) is 2.98. The molecule has 1 unspecified atom stereocenters. The van der Waals surface area contributed by atoms with E-state index in [1.165, 1.54) is 12.8 Å². The quantitative estimate of drug-likeness (QED) is 0.666. The van der Waals surface area contributed by atoms with Gasteiger partial charge in [-0.25, -0.2) is 4.98 Å². The minimum Gasteiger partial charge on any atom is -0.381 e. The van der Waals surface area contributed by atoms with Crippen molar-refractivity contribution in [3.63, 3.8) is 0 Å². The van der Waals surface area contributed by atoms with Gasteiger partial charge in [0.05, 0.1) is 17.6 Å². The van der Waals surface area contributed by atoms with Gasteiger partial charge in [0.25, 0.3) is 0 Å². The standard InChI is InChI=1S/C18H25N5O/c1-19-17(23-10-7-18(12-23)8-11-24-13-18)20-9-6-16-21-14-4-2-3-5-15(14)22-16/h2-5H,6-13H2,1H3,(H,19,20)(H,21,22). The van der Waals surface area contributed by atoms with Crippen LogP contribution >= 0.6 is 0 Å². The van der Waals surface area contributed by atoms with E-state index in [0.717, 1.165) is 62.1 Å². The third-order valence-electron chi connectivity index (χ3n) is 5.22. The third-order valence-corrected chi connectivity index (χ3v) is 5.22. The van der Waals surface area contributed by atoms with Crippen LogP contribution in [-0.4, -0.2) is 60.7 Å². The number of benzene rings is 1. The molecule has 4 rings (SSSR count). The van der Waals surface area contributed by atoms with Crippen LogP contribution in [0, 0.1) is 5.41 Å². The summed E-state index contributed by atoms with van der Waals surface area (Å²) in [6, 6.07) is 8.14. The lowest BCUT2D eigenvalue weighted by Crippen LogP contribution is -2.42. The van der Waals surface area contributed by atoms with Gasteiger partial charge >= 0.3 is 0 Å². The predicted molar refractivity (Wildman–Crippen MR) is 95.2 cm³/mol. The monoisotopic (exact) mass is 327 g/mol. The first kappa shape index (κ1) is 15.4. The molecule has 3 heterocycles. The van der Waals surface area contributed by atoms with Gasteiger partial charge in [-0.15, -0.1) is 0 Å². The van der Waals surface area contributed by atoms with Gasteiger partial charge in [0, 0.05) is 45.1 Å². The number of likely N-dealkylation sites (tertiary alicyclic amines) is 1. The maximum absolute atomic E-state index is 5.61. The summed E-state index contributed by atoms with van der Waals surface area (Å²) < 4.78 is 5.61. The summed E-state index contributed by atoms with van der Waals surface area (Å²) in [4.78, 5) is 14.8. The lowest BCUT2D eigenvalue weighted by Gasteiger charge is -2.24. The van der Waals surface area contributed by atoms with Crippen molar-refractivity contribution in [2.24, 2.45) is 10.4 Å². The predicted octanol–water partition coefficient (Wildman–Crippen LogP) is 1.79. The maximum Gasteiger partial charge on any atom is 0.193 e. The van der Waals surface area contributed by atoms with Crippen LogP contribution in [0.15, 0.2) is 29.3 Å². The molecule has 2 N–H and O–H groups in total. The molecule has 2 saturated heterocycles. The molecule has 0 amide bonds. The Morgan fingerprint density at radius 2 is 2.33 bits per heavy atom. The van der Waals surface area contributed by atoms with Crippen molar-refractivity contribution in [1.82, 2.24) is 20.2 Å². The Hall–Kier alpha value is -2.08. The number of rotatable bonds is 3. The average molecular weight is 327 g/mol. The van der Waals surface area contributed by atoms with Crippen molar-refractivity contribution >= 4 is 17.0 Å². The van der Waals surface area contributed by atoms with Gasteiger partial charge in [0.15, 0.2) is 5.96 Å². The van der Waals surface area contributed by atoms with Crippen molar-refractivity contribution in [3.05, 3.63) is 30.1 Å². The van der Waals surface area contributed by atoms with Crippen molar-refractivity contribution in [1.29, 1.82) is 0 Å². The van der Waals surface area contributed by atoms with E-state index >= 15 is 0 Å². The van der Waals surface area contributed by atoms with Gasteiger partial charge in [-0.1, -0.05) is 12.1 Å². The summed E-state index contributed by atoms with van der Waals surface area (Å²) in [6.07, 6.45) is 3.24. The average Bonchev–Trinajstić information content (AvgIpc) is 3.32. The number of aliphatic imine (C=N–C) groups is 1. The van der Waals surface area contributed by atoms with E-state index in [1.807, 2.05) is 25.2 Å². The molecule has 2 aromatic rings. The molecule has 1 aromatic heterocycles. The summed E-state index contributed by atoms with van der Waals surface area (Å²) >= 11 is 0. The first-order valence-electron chi connectivity index (χ1n) is 8.75. The zero-order valence-electron chi connectivity index (χ0n) is 14.2. The first-order valence-corrected chi connectivity index (χ1v) is 8.75. The van der Waals surface area contributed by atoms with Crippen LogP contribution in [0.1, 0.15) is 18.7 Å². The minimum atomic E-state index is 0.357. The van der Waals surface area contributed by atoms with Crippen LogP contribution in [0.25, 0.3) is 11.0 Å². The molecule has 1 atom stereocenters. The van der Waals surface area contributed by atoms with Gasteiger partial charge in [0.2, 0.25) is 0 Å². The number of fused-ring (bicyclic) bond motifs is 1. The SMILES string of the molecule is CN=C(NCCc1nc2ccccc2[nH]1)N1CCC2(CCOC2)C1. The van der Waals surface area contributed by atoms with Crippen molar-refractivity contribution in [2.45, 2.75) is 19.3 Å². The van der Waals surface area contributed by atoms with E-state index < -0.39 is 0 Å². The highest BCUT2D eigenvalue weighted by Gasteiger charge is 2.42. The number of guanidine groups is 1. The highest BCUT2D eigenvalue weighted by molar-refractivity contribution is 5.80. The molecule has 2 aliphatic rings. The zero-order valence-corrected chi connectivity index (χ0v) is 14.2. The van der Waals surface area contributed by atoms with Gasteiger partial charge < -0.3 is 19.9 Å². The minimum absolute atomic E-state index is 0.357. The molecule has 2 fully saturated rings. The molecule has 1 spiro atoms. The second-order valence-electron chi connectivity index (χ2n) is 6.90. The Morgan fingerprint density at radius 1 is 1.42 bits per heavy atom. The normalized spacial score (nSPS) is 24.4. The highest BCUT2D eigenvalue weighted by atomic mass is 16.5. The summed E-state index contributed by atoms with van der Waals surface area (Å²) in [7, 11) is 1.86. The summed E-state index contributed by atoms with van der Waals surface area (Å²) in [5, 5.41) is 3.49. The lowest BCUT2D eigenvalue weighted by atomic mass is 9.87. The van der Waals surface area contributed by atoms with E-state index in [-0.39, 0.29) is 0 Å². The summed E-state index contributed by atoms with van der Waals surface area (Å²) in [6.45, 7) is 4.75. The van der Waals surface area contributed by atoms with E-state index in [4.69, 9.17) is 4.74 Å². The fourth-order valence-corrected chi connectivity index (χ4v) is 3.84. The number of H-pyrrole nitrogens is 1. The molecule has 6 heteroatoms. The van der Waals surface area contributed by atoms with Crippen LogP contribution in [0.4, 0.5) is 0 Å². The maximum atomic E-state index is 5.61. The Labute approximate surface area is 142 Å². The molecular weight excluding hydrogens is 302 g/mol. The van der Waals surface area contributed by atoms with E-state index in [1.54, 1.807) is 0 Å². The number of nitrogens with one attached hydrogen (secondary N) is 2. The van der Waals surface area contributed by atoms with Gasteiger partial charge in [-0.3, -0.25) is 4.99 Å². The number of ether oxygens (including phenoxy) is 1. The fraction of sp³-hybridized carbons (Fsp3) is 0.556. The smallest absolute Gasteiger partial charge is 0.193 e. The molecule has 2 aliphatic heterocycles. The first-order chi connectivity index (χ1) is 11.8. The van der Waals surface area contributed by atoms with E-state index in [9.17, 15) is 0 Å². The van der Waals surface area contributed by atoms with Crippen LogP contribution in [0.3, 0.4) is 0 Å². The van der Waals surface area contributed by atoms with Crippen LogP contribution < -0.4 is 5.32 Å². The molecule has 1 aromatic carbocycles. The number of nitrogens with zero attached hydrogens (tertiary/aromatic N) is 3. The summed E-state index contributed by atoms with van der Waals surface area (Å²) in [5.74, 6) is 2.01. The molecule has 128 valence electrons. The fourth-order valence-electron chi connectivity index (χ4n) is 3.84. The van der Waals surface area contributed by atoms with Crippen molar-refractivity contribution < 1.29 is 4.74 Å². The van der Waals surface area contributed by atoms with Crippen molar-refractivity contribution in [2.75, 3.05) is 39.9 Å². The zero-order chi connectivity index (χ0) is 16.4. The topological polar surface area (TPSA) is 65.5 Å². The molecule has 24 heavy (non-hydrogen) atoms. The second-order valence-corrected chi connectivity index (χ2v) is 6.90. The van der Waals surface area contributed by atoms with Gasteiger partial charge in [0.1, 0.15) is 5.82 Å². The number of imidazole rings is 1. The van der Waals surface area contributed by atoms with Gasteiger partial charge in [-0.2, -0.15) is 0 Å². The van der Waals surface area contributed by atoms with Crippen molar-refractivity contribution in [3.8, 4) is 0 Å². The largest absolute Gasteiger partial charge is 0.381 e. The Bertz CT molecular complexity index is 699. The number of aromatic amines is 1. The van der Waals surface area contributed by atoms with E-state index in [0.29, 0.717) is 5.41 Å². The lowest BCUT2D eigenvalue weighted by molar-refractivity contribution is 0.156. The molecule has 0 saturated carbocycles. The Balaban J connectivity index is 1.32.